The van der Waals surface area contributed by atoms with Crippen molar-refractivity contribution < 1.29 is 4.74 Å². The second-order valence-electron chi connectivity index (χ2n) is 6.64. The lowest BCUT2D eigenvalue weighted by atomic mass is 10.1. The van der Waals surface area contributed by atoms with Gasteiger partial charge in [0.15, 0.2) is 5.82 Å². The van der Waals surface area contributed by atoms with E-state index in [9.17, 15) is 0 Å². The minimum atomic E-state index is 0.726. The Balaban J connectivity index is 1.44. The van der Waals surface area contributed by atoms with Crippen LogP contribution in [-0.4, -0.2) is 60.8 Å². The molecule has 1 aromatic heterocycles. The summed E-state index contributed by atoms with van der Waals surface area (Å²) in [7, 11) is 0. The van der Waals surface area contributed by atoms with Crippen LogP contribution in [0.4, 0.5) is 5.82 Å². The Kier molecular flexibility index (Phi) is 4.14. The van der Waals surface area contributed by atoms with Crippen LogP contribution in [0.2, 0.25) is 0 Å². The number of benzene rings is 1. The molecule has 0 spiro atoms. The Hall–Kier alpha value is -1.72. The van der Waals surface area contributed by atoms with Crippen LogP contribution in [0, 0.1) is 12.8 Å². The SMILES string of the molecule is Cc1nc2ccccc2nc1N1CCN(CC2CCOC2)CC1. The van der Waals surface area contributed by atoms with Gasteiger partial charge in [0.05, 0.1) is 23.3 Å². The van der Waals surface area contributed by atoms with Gasteiger partial charge >= 0.3 is 0 Å². The second-order valence-corrected chi connectivity index (χ2v) is 6.64. The van der Waals surface area contributed by atoms with Crippen molar-refractivity contribution in [2.45, 2.75) is 13.3 Å². The third-order valence-corrected chi connectivity index (χ3v) is 4.93. The van der Waals surface area contributed by atoms with E-state index >= 15 is 0 Å². The van der Waals surface area contributed by atoms with E-state index < -0.39 is 0 Å². The van der Waals surface area contributed by atoms with Crippen molar-refractivity contribution in [2.75, 3.05) is 50.8 Å². The molecule has 3 heterocycles. The average Bonchev–Trinajstić information content (AvgIpc) is 3.08. The lowest BCUT2D eigenvalue weighted by molar-refractivity contribution is 0.164. The van der Waals surface area contributed by atoms with Crippen LogP contribution >= 0.6 is 0 Å². The quantitative estimate of drug-likeness (QED) is 0.868. The average molecular weight is 312 g/mol. The van der Waals surface area contributed by atoms with Gasteiger partial charge in [0, 0.05) is 39.3 Å². The van der Waals surface area contributed by atoms with Crippen molar-refractivity contribution in [2.24, 2.45) is 5.92 Å². The van der Waals surface area contributed by atoms with Crippen molar-refractivity contribution in [3.63, 3.8) is 0 Å². The largest absolute Gasteiger partial charge is 0.381 e. The molecule has 0 saturated carbocycles. The van der Waals surface area contributed by atoms with E-state index in [4.69, 9.17) is 14.7 Å². The minimum Gasteiger partial charge on any atom is -0.381 e. The Morgan fingerprint density at radius 1 is 1.09 bits per heavy atom. The highest BCUT2D eigenvalue weighted by Crippen LogP contribution is 2.22. The summed E-state index contributed by atoms with van der Waals surface area (Å²) in [4.78, 5) is 14.5. The zero-order valence-corrected chi connectivity index (χ0v) is 13.7. The molecule has 5 nitrogen and oxygen atoms in total. The number of nitrogens with zero attached hydrogens (tertiary/aromatic N) is 4. The van der Waals surface area contributed by atoms with Gasteiger partial charge in [-0.25, -0.2) is 9.97 Å². The van der Waals surface area contributed by atoms with E-state index in [0.29, 0.717) is 0 Å². The highest BCUT2D eigenvalue weighted by Gasteiger charge is 2.24. The van der Waals surface area contributed by atoms with Gasteiger partial charge in [-0.2, -0.15) is 0 Å². The zero-order chi connectivity index (χ0) is 15.6. The van der Waals surface area contributed by atoms with Gasteiger partial charge in [-0.1, -0.05) is 12.1 Å². The highest BCUT2D eigenvalue weighted by molar-refractivity contribution is 5.76. The predicted molar refractivity (Wildman–Crippen MR) is 91.9 cm³/mol. The first-order valence-corrected chi connectivity index (χ1v) is 8.58. The Labute approximate surface area is 137 Å². The molecule has 0 aliphatic carbocycles. The maximum Gasteiger partial charge on any atom is 0.150 e. The smallest absolute Gasteiger partial charge is 0.150 e. The molecule has 2 fully saturated rings. The van der Waals surface area contributed by atoms with Crippen molar-refractivity contribution in [1.29, 1.82) is 0 Å². The van der Waals surface area contributed by atoms with E-state index in [1.54, 1.807) is 0 Å². The van der Waals surface area contributed by atoms with Crippen LogP contribution in [0.1, 0.15) is 12.1 Å². The summed E-state index contributed by atoms with van der Waals surface area (Å²) < 4.78 is 5.49. The number of ether oxygens (including phenoxy) is 1. The van der Waals surface area contributed by atoms with E-state index in [1.165, 1.54) is 13.0 Å². The fourth-order valence-electron chi connectivity index (χ4n) is 3.61. The maximum absolute atomic E-state index is 5.49. The highest BCUT2D eigenvalue weighted by atomic mass is 16.5. The van der Waals surface area contributed by atoms with Crippen LogP contribution in [0.15, 0.2) is 24.3 Å². The van der Waals surface area contributed by atoms with Crippen molar-refractivity contribution in [3.05, 3.63) is 30.0 Å². The van der Waals surface area contributed by atoms with Crippen LogP contribution in [0.3, 0.4) is 0 Å². The fraction of sp³-hybridized carbons (Fsp3) is 0.556. The van der Waals surface area contributed by atoms with Crippen molar-refractivity contribution in [1.82, 2.24) is 14.9 Å². The molecule has 2 saturated heterocycles. The molecule has 1 unspecified atom stereocenters. The number of anilines is 1. The van der Waals surface area contributed by atoms with Crippen molar-refractivity contribution in [3.8, 4) is 0 Å². The molecule has 2 aliphatic rings. The summed E-state index contributed by atoms with van der Waals surface area (Å²) >= 11 is 0. The second kappa shape index (κ2) is 6.42. The fourth-order valence-corrected chi connectivity index (χ4v) is 3.61. The number of aromatic nitrogens is 2. The van der Waals surface area contributed by atoms with Gasteiger partial charge in [0.25, 0.3) is 0 Å². The molecule has 122 valence electrons. The Bertz CT molecular complexity index is 676. The number of piperazine rings is 1. The Morgan fingerprint density at radius 3 is 2.52 bits per heavy atom. The number of aryl methyl sites for hydroxylation is 1. The molecular formula is C18H24N4O. The number of hydrogen-bond donors (Lipinski definition) is 0. The number of fused-ring (bicyclic) bond motifs is 1. The predicted octanol–water partition coefficient (Wildman–Crippen LogP) is 2.10. The zero-order valence-electron chi connectivity index (χ0n) is 13.7. The van der Waals surface area contributed by atoms with Gasteiger partial charge in [0.1, 0.15) is 0 Å². The number of hydrogen-bond acceptors (Lipinski definition) is 5. The molecular weight excluding hydrogens is 288 g/mol. The summed E-state index contributed by atoms with van der Waals surface area (Å²) in [5, 5.41) is 0. The summed E-state index contributed by atoms with van der Waals surface area (Å²) in [5.74, 6) is 1.77. The monoisotopic (exact) mass is 312 g/mol. The maximum atomic E-state index is 5.49. The summed E-state index contributed by atoms with van der Waals surface area (Å²) in [5.41, 5.74) is 2.99. The Morgan fingerprint density at radius 2 is 1.83 bits per heavy atom. The first-order valence-electron chi connectivity index (χ1n) is 8.58. The first-order chi connectivity index (χ1) is 11.3. The topological polar surface area (TPSA) is 41.5 Å². The molecule has 5 heteroatoms. The molecule has 0 N–H and O–H groups in total. The molecule has 1 aromatic carbocycles. The summed E-state index contributed by atoms with van der Waals surface area (Å²) in [6.45, 7) is 9.39. The molecule has 0 bridgehead atoms. The van der Waals surface area contributed by atoms with Crippen LogP contribution in [0.5, 0.6) is 0 Å². The van der Waals surface area contributed by atoms with Gasteiger partial charge in [-0.05, 0) is 31.4 Å². The van der Waals surface area contributed by atoms with Crippen molar-refractivity contribution >= 4 is 16.9 Å². The van der Waals surface area contributed by atoms with E-state index in [2.05, 4.69) is 16.7 Å². The third-order valence-electron chi connectivity index (χ3n) is 4.93. The molecule has 0 amide bonds. The molecule has 2 aromatic rings. The summed E-state index contributed by atoms with van der Waals surface area (Å²) in [6, 6.07) is 8.11. The molecule has 23 heavy (non-hydrogen) atoms. The number of rotatable bonds is 3. The molecule has 0 radical (unpaired) electrons. The third kappa shape index (κ3) is 3.16. The van der Waals surface area contributed by atoms with Gasteiger partial charge in [0.2, 0.25) is 0 Å². The minimum absolute atomic E-state index is 0.726. The van der Waals surface area contributed by atoms with Crippen LogP contribution in [-0.2, 0) is 4.74 Å². The van der Waals surface area contributed by atoms with Crippen LogP contribution < -0.4 is 4.90 Å². The first kappa shape index (κ1) is 14.8. The number of para-hydroxylation sites is 2. The lowest BCUT2D eigenvalue weighted by Gasteiger charge is -2.36. The summed E-state index contributed by atoms with van der Waals surface area (Å²) in [6.07, 6.45) is 1.22. The van der Waals surface area contributed by atoms with E-state index in [-0.39, 0.29) is 0 Å². The van der Waals surface area contributed by atoms with Gasteiger partial charge in [-0.15, -0.1) is 0 Å². The van der Waals surface area contributed by atoms with Gasteiger partial charge < -0.3 is 9.64 Å². The standard InChI is InChI=1S/C18H24N4O/c1-14-18(20-17-5-3-2-4-16(17)19-14)22-9-7-21(8-10-22)12-15-6-11-23-13-15/h2-5,15H,6-13H2,1H3. The molecule has 4 rings (SSSR count). The van der Waals surface area contributed by atoms with Crippen LogP contribution in [0.25, 0.3) is 11.0 Å². The van der Waals surface area contributed by atoms with Gasteiger partial charge in [-0.3, -0.25) is 4.90 Å². The normalized spacial score (nSPS) is 22.8. The van der Waals surface area contributed by atoms with E-state index in [0.717, 1.165) is 67.9 Å². The molecule has 1 atom stereocenters. The van der Waals surface area contributed by atoms with E-state index in [1.807, 2.05) is 24.3 Å². The lowest BCUT2D eigenvalue weighted by Crippen LogP contribution is -2.48. The molecule has 2 aliphatic heterocycles.